The molecular formula is C70H134O8. The Balaban J connectivity index is 3.92. The Morgan fingerprint density at radius 3 is 0.628 bits per heavy atom. The number of carbonyl (C=O) groups excluding carboxylic acids is 4. The third-order valence-electron chi connectivity index (χ3n) is 16.2. The number of esters is 4. The molecule has 0 spiro atoms. The molecule has 0 bridgehead atoms. The number of ether oxygens (including phenoxy) is 4. The van der Waals surface area contributed by atoms with E-state index in [1.807, 2.05) is 0 Å². The number of hydrogen-bond acceptors (Lipinski definition) is 8. The summed E-state index contributed by atoms with van der Waals surface area (Å²) in [6.07, 6.45) is 66.0. The minimum atomic E-state index is -0.0609. The maximum atomic E-state index is 12.8. The number of rotatable bonds is 65. The smallest absolute Gasteiger partial charge is 0.306 e. The molecule has 0 fully saturated rings. The number of carbonyl (C=O) groups is 4. The van der Waals surface area contributed by atoms with Gasteiger partial charge in [0, 0.05) is 25.7 Å². The van der Waals surface area contributed by atoms with E-state index in [1.165, 1.54) is 193 Å². The van der Waals surface area contributed by atoms with Crippen molar-refractivity contribution in [3.8, 4) is 0 Å². The monoisotopic (exact) mass is 1100 g/mol. The van der Waals surface area contributed by atoms with E-state index in [1.54, 1.807) is 0 Å². The Morgan fingerprint density at radius 1 is 0.218 bits per heavy atom. The van der Waals surface area contributed by atoms with Gasteiger partial charge in [-0.15, -0.1) is 0 Å². The van der Waals surface area contributed by atoms with Crippen molar-refractivity contribution in [2.75, 3.05) is 13.2 Å². The van der Waals surface area contributed by atoms with Crippen LogP contribution in [0.3, 0.4) is 0 Å². The highest BCUT2D eigenvalue weighted by Crippen LogP contribution is 2.22. The van der Waals surface area contributed by atoms with Crippen LogP contribution in [0.2, 0.25) is 0 Å². The molecule has 2 atom stereocenters. The van der Waals surface area contributed by atoms with Crippen LogP contribution in [0, 0.1) is 0 Å². The summed E-state index contributed by atoms with van der Waals surface area (Å²) in [4.78, 5) is 50.1. The van der Waals surface area contributed by atoms with E-state index >= 15 is 0 Å². The highest BCUT2D eigenvalue weighted by Gasteiger charge is 2.16. The first kappa shape index (κ1) is 75.9. The molecule has 0 heterocycles. The van der Waals surface area contributed by atoms with Gasteiger partial charge in [0.2, 0.25) is 0 Å². The van der Waals surface area contributed by atoms with Crippen LogP contribution in [0.5, 0.6) is 0 Å². The lowest BCUT2D eigenvalue weighted by molar-refractivity contribution is -0.151. The standard InChI is InChI=1S/C70H134O8/c1-5-9-13-17-21-23-28-40-51-61-69(73)77-65(55-45-35-20-16-12-8-4)57-47-37-30-31-39-49-59-67(71)75-63-53-43-32-25-26-33-44-54-64-76-68(72)60-50-42-34-38-48-58-66(56-46-36-27-19-15-11-7-3)78-70(74)62-52-41-29-24-22-18-14-10-6-2/h65-66H,5-64H2,1-4H3. The summed E-state index contributed by atoms with van der Waals surface area (Å²) in [6, 6.07) is 0. The molecule has 0 amide bonds. The molecule has 78 heavy (non-hydrogen) atoms. The van der Waals surface area contributed by atoms with E-state index in [4.69, 9.17) is 18.9 Å². The number of hydrogen-bond donors (Lipinski definition) is 0. The van der Waals surface area contributed by atoms with Gasteiger partial charge in [-0.3, -0.25) is 19.2 Å². The molecule has 0 rings (SSSR count). The first-order valence-electron chi connectivity index (χ1n) is 35.1. The van der Waals surface area contributed by atoms with Crippen LogP contribution in [0.25, 0.3) is 0 Å². The van der Waals surface area contributed by atoms with Crippen LogP contribution >= 0.6 is 0 Å². The minimum Gasteiger partial charge on any atom is -0.466 e. The van der Waals surface area contributed by atoms with Gasteiger partial charge < -0.3 is 18.9 Å². The zero-order valence-electron chi connectivity index (χ0n) is 52.8. The number of unbranched alkanes of at least 4 members (excludes halogenated alkanes) is 43. The fourth-order valence-corrected chi connectivity index (χ4v) is 11.0. The maximum absolute atomic E-state index is 12.8. The Labute approximate surface area is 485 Å². The van der Waals surface area contributed by atoms with E-state index in [0.717, 1.165) is 154 Å². The summed E-state index contributed by atoms with van der Waals surface area (Å²) in [5, 5.41) is 0. The first-order valence-corrected chi connectivity index (χ1v) is 35.1. The van der Waals surface area contributed by atoms with Gasteiger partial charge in [0.25, 0.3) is 0 Å². The van der Waals surface area contributed by atoms with Gasteiger partial charge in [-0.2, -0.15) is 0 Å². The highest BCUT2D eigenvalue weighted by molar-refractivity contribution is 5.70. The van der Waals surface area contributed by atoms with Gasteiger partial charge in [0.1, 0.15) is 12.2 Å². The van der Waals surface area contributed by atoms with Crippen molar-refractivity contribution in [3.63, 3.8) is 0 Å². The second-order valence-corrected chi connectivity index (χ2v) is 24.1. The Hall–Kier alpha value is -2.12. The van der Waals surface area contributed by atoms with Crippen LogP contribution in [0.4, 0.5) is 0 Å². The third-order valence-corrected chi connectivity index (χ3v) is 16.2. The molecule has 0 saturated carbocycles. The van der Waals surface area contributed by atoms with E-state index < -0.39 is 0 Å². The molecule has 0 N–H and O–H groups in total. The van der Waals surface area contributed by atoms with E-state index in [2.05, 4.69) is 27.7 Å². The first-order chi connectivity index (χ1) is 38.4. The summed E-state index contributed by atoms with van der Waals surface area (Å²) in [5.74, 6) is -0.0947. The second-order valence-electron chi connectivity index (χ2n) is 24.1. The molecule has 8 heteroatoms. The molecule has 462 valence electrons. The predicted molar refractivity (Wildman–Crippen MR) is 332 cm³/mol. The predicted octanol–water partition coefficient (Wildman–Crippen LogP) is 22.6. The van der Waals surface area contributed by atoms with E-state index in [9.17, 15) is 19.2 Å². The molecule has 2 unspecified atom stereocenters. The lowest BCUT2D eigenvalue weighted by Gasteiger charge is -2.18. The van der Waals surface area contributed by atoms with Crippen LogP contribution < -0.4 is 0 Å². The molecular weight excluding hydrogens is 969 g/mol. The van der Waals surface area contributed by atoms with Gasteiger partial charge in [-0.05, 0) is 89.9 Å². The average molecular weight is 1100 g/mol. The van der Waals surface area contributed by atoms with E-state index in [0.29, 0.717) is 38.9 Å². The molecule has 0 aliphatic heterocycles. The van der Waals surface area contributed by atoms with Gasteiger partial charge in [0.05, 0.1) is 13.2 Å². The zero-order valence-corrected chi connectivity index (χ0v) is 52.8. The summed E-state index contributed by atoms with van der Waals surface area (Å²) in [5.41, 5.74) is 0. The molecule has 0 aromatic rings. The minimum absolute atomic E-state index is 0.00664. The fraction of sp³-hybridized carbons (Fsp3) is 0.943. The van der Waals surface area contributed by atoms with Crippen LogP contribution in [-0.4, -0.2) is 49.3 Å². The third kappa shape index (κ3) is 60.0. The largest absolute Gasteiger partial charge is 0.466 e. The normalized spacial score (nSPS) is 12.2. The van der Waals surface area contributed by atoms with Gasteiger partial charge in [-0.1, -0.05) is 285 Å². The fourth-order valence-electron chi connectivity index (χ4n) is 11.0. The lowest BCUT2D eigenvalue weighted by atomic mass is 10.0. The molecule has 0 saturated heterocycles. The van der Waals surface area contributed by atoms with Crippen molar-refractivity contribution in [1.82, 2.24) is 0 Å². The van der Waals surface area contributed by atoms with Crippen molar-refractivity contribution in [3.05, 3.63) is 0 Å². The van der Waals surface area contributed by atoms with Gasteiger partial charge in [0.15, 0.2) is 0 Å². The highest BCUT2D eigenvalue weighted by atomic mass is 16.6. The Bertz CT molecular complexity index is 1250. The second kappa shape index (κ2) is 64.1. The topological polar surface area (TPSA) is 105 Å². The van der Waals surface area contributed by atoms with Crippen molar-refractivity contribution in [1.29, 1.82) is 0 Å². The van der Waals surface area contributed by atoms with Crippen molar-refractivity contribution >= 4 is 23.9 Å². The maximum Gasteiger partial charge on any atom is 0.306 e. The Morgan fingerprint density at radius 2 is 0.397 bits per heavy atom. The molecule has 0 aliphatic carbocycles. The summed E-state index contributed by atoms with van der Waals surface area (Å²) in [7, 11) is 0. The van der Waals surface area contributed by atoms with Crippen LogP contribution in [0.1, 0.15) is 400 Å². The summed E-state index contributed by atoms with van der Waals surface area (Å²) in [6.45, 7) is 10.1. The van der Waals surface area contributed by atoms with Crippen LogP contribution in [-0.2, 0) is 38.1 Å². The molecule has 0 aromatic carbocycles. The van der Waals surface area contributed by atoms with E-state index in [-0.39, 0.29) is 36.1 Å². The van der Waals surface area contributed by atoms with Crippen molar-refractivity contribution < 1.29 is 38.1 Å². The van der Waals surface area contributed by atoms with Crippen molar-refractivity contribution in [2.24, 2.45) is 0 Å². The SMILES string of the molecule is CCCCCCCCCCCC(=O)OC(CCCCCCCC)CCCCCCCCC(=O)OCCCCCCCCCCOC(=O)CCCCCCCC(CCCCCCCCC)OC(=O)CCCCCCCCCCC. The molecule has 8 nitrogen and oxygen atoms in total. The lowest BCUT2D eigenvalue weighted by Crippen LogP contribution is -2.18. The average Bonchev–Trinajstić information content (AvgIpc) is 3.43. The molecule has 0 aromatic heterocycles. The van der Waals surface area contributed by atoms with Crippen molar-refractivity contribution in [2.45, 2.75) is 412 Å². The van der Waals surface area contributed by atoms with Crippen LogP contribution in [0.15, 0.2) is 0 Å². The Kier molecular flexibility index (Phi) is 62.3. The van der Waals surface area contributed by atoms with Gasteiger partial charge in [-0.25, -0.2) is 0 Å². The van der Waals surface area contributed by atoms with Gasteiger partial charge >= 0.3 is 23.9 Å². The molecule has 0 radical (unpaired) electrons. The molecule has 0 aliphatic rings. The summed E-state index contributed by atoms with van der Waals surface area (Å²) < 4.78 is 23.2. The quantitative estimate of drug-likeness (QED) is 0.0337. The summed E-state index contributed by atoms with van der Waals surface area (Å²) >= 11 is 0. The zero-order chi connectivity index (χ0) is 56.7.